The number of aromatic hydroxyl groups is 1. The predicted octanol–water partition coefficient (Wildman–Crippen LogP) is 1.57. The first-order valence-corrected chi connectivity index (χ1v) is 10.8. The lowest BCUT2D eigenvalue weighted by Crippen LogP contribution is -2.74. The molecule has 2 heterocycles. The van der Waals surface area contributed by atoms with E-state index in [-0.39, 0.29) is 34.7 Å². The van der Waals surface area contributed by atoms with Crippen LogP contribution in [0.4, 0.5) is 0 Å². The first-order valence-electron chi connectivity index (χ1n) is 9.00. The van der Waals surface area contributed by atoms with Gasteiger partial charge in [-0.2, -0.15) is 0 Å². The van der Waals surface area contributed by atoms with Crippen LogP contribution in [0.1, 0.15) is 12.5 Å². The lowest BCUT2D eigenvalue weighted by atomic mass is 9.88. The molecule has 2 unspecified atom stereocenters. The Morgan fingerprint density at radius 1 is 1.29 bits per heavy atom. The van der Waals surface area contributed by atoms with Gasteiger partial charge in [-0.3, -0.25) is 19.2 Å². The largest absolute Gasteiger partial charge is 0.508 e. The number of carboxylic acids is 1. The first kappa shape index (κ1) is 23.2. The summed E-state index contributed by atoms with van der Waals surface area (Å²) < 4.78 is 4.59. The number of nitrogens with zero attached hydrogens (tertiary/aromatic N) is 1. The van der Waals surface area contributed by atoms with E-state index in [1.165, 1.54) is 47.9 Å². The third-order valence-electron chi connectivity index (χ3n) is 5.01. The van der Waals surface area contributed by atoms with Gasteiger partial charge in [-0.25, -0.2) is 0 Å². The van der Waals surface area contributed by atoms with Gasteiger partial charge < -0.3 is 25.2 Å². The molecule has 0 aliphatic carbocycles. The maximum Gasteiger partial charge on any atom is 0.315 e. The molecule has 0 bridgehead atoms. The number of ether oxygens (including phenoxy) is 1. The predicted molar refractivity (Wildman–Crippen MR) is 113 cm³/mol. The van der Waals surface area contributed by atoms with Crippen LogP contribution in [-0.4, -0.2) is 69.2 Å². The summed E-state index contributed by atoms with van der Waals surface area (Å²) in [5, 5.41) is 21.2. The number of fused-ring (bicyclic) bond motifs is 1. The maximum atomic E-state index is 12.8. The number of hydrogen-bond acceptors (Lipinski definition) is 7. The van der Waals surface area contributed by atoms with Gasteiger partial charge in [0, 0.05) is 19.2 Å². The van der Waals surface area contributed by atoms with E-state index in [1.54, 1.807) is 0 Å². The fourth-order valence-electron chi connectivity index (χ4n) is 3.31. The van der Waals surface area contributed by atoms with Gasteiger partial charge in [-0.1, -0.05) is 35.3 Å². The second kappa shape index (κ2) is 8.97. The summed E-state index contributed by atoms with van der Waals surface area (Å²) in [6, 6.07) is 4.74. The lowest BCUT2D eigenvalue weighted by molar-refractivity contribution is -0.164. The van der Waals surface area contributed by atoms with Gasteiger partial charge in [-0.15, -0.1) is 11.8 Å². The molecular formula is C19H18Cl2N2O7S. The molecule has 9 nitrogen and oxygen atoms in total. The molecule has 2 amide bonds. The highest BCUT2D eigenvalue weighted by atomic mass is 35.5. The average molecular weight is 489 g/mol. The summed E-state index contributed by atoms with van der Waals surface area (Å²) in [5.41, 5.74) is -1.14. The van der Waals surface area contributed by atoms with Crippen molar-refractivity contribution in [2.45, 2.75) is 18.3 Å². The number of thioether (sulfide) groups is 1. The van der Waals surface area contributed by atoms with Gasteiger partial charge in [-0.05, 0) is 17.7 Å². The van der Waals surface area contributed by atoms with Crippen molar-refractivity contribution >= 4 is 64.3 Å². The van der Waals surface area contributed by atoms with E-state index < -0.39 is 40.6 Å². The van der Waals surface area contributed by atoms with Crippen LogP contribution in [-0.2, 0) is 23.9 Å². The van der Waals surface area contributed by atoms with Crippen LogP contribution in [0.5, 0.6) is 5.75 Å². The molecule has 0 aromatic heterocycles. The van der Waals surface area contributed by atoms with Crippen molar-refractivity contribution in [3.05, 3.63) is 34.3 Å². The Hall–Kier alpha value is -2.43. The minimum atomic E-state index is -1.42. The number of carbonyl (C=O) groups is 4. The number of halogens is 2. The molecule has 31 heavy (non-hydrogen) atoms. The summed E-state index contributed by atoms with van der Waals surface area (Å²) >= 11 is 12.9. The number of esters is 1. The number of nitrogens with one attached hydrogen (secondary N) is 1. The van der Waals surface area contributed by atoms with Crippen LogP contribution in [0.2, 0.25) is 0 Å². The zero-order chi connectivity index (χ0) is 22.9. The zero-order valence-electron chi connectivity index (χ0n) is 16.1. The molecule has 2 fully saturated rings. The highest BCUT2D eigenvalue weighted by Gasteiger charge is 2.58. The molecular weight excluding hydrogens is 471 g/mol. The van der Waals surface area contributed by atoms with Crippen molar-refractivity contribution < 1.29 is 34.1 Å². The van der Waals surface area contributed by atoms with E-state index >= 15 is 0 Å². The van der Waals surface area contributed by atoms with Crippen LogP contribution in [0.3, 0.4) is 0 Å². The SMILES string of the molecule is CC(=O)OCC1(C(=O)O)CS[C@@H]2C(NC(=O)C(=C(Cl)Cl)c3ccc(O)cc3)C(=O)N2C1. The van der Waals surface area contributed by atoms with Crippen LogP contribution >= 0.6 is 35.0 Å². The van der Waals surface area contributed by atoms with Crippen LogP contribution in [0.15, 0.2) is 28.8 Å². The Balaban J connectivity index is 1.72. The highest BCUT2D eigenvalue weighted by Crippen LogP contribution is 2.42. The third kappa shape index (κ3) is 4.60. The van der Waals surface area contributed by atoms with Crippen molar-refractivity contribution in [1.29, 1.82) is 0 Å². The minimum Gasteiger partial charge on any atom is -0.508 e. The van der Waals surface area contributed by atoms with Crippen molar-refractivity contribution in [1.82, 2.24) is 10.2 Å². The van der Waals surface area contributed by atoms with Gasteiger partial charge in [0.05, 0.1) is 5.57 Å². The number of benzene rings is 1. The third-order valence-corrected chi connectivity index (χ3v) is 6.97. The molecule has 1 aromatic rings. The molecule has 3 rings (SSSR count). The van der Waals surface area contributed by atoms with E-state index in [0.29, 0.717) is 5.56 Å². The van der Waals surface area contributed by atoms with Crippen molar-refractivity contribution in [2.75, 3.05) is 18.9 Å². The number of carbonyl (C=O) groups excluding carboxylic acids is 3. The number of amides is 2. The molecule has 1 aromatic carbocycles. The summed E-state index contributed by atoms with van der Waals surface area (Å²) in [6.07, 6.45) is 0. The summed E-state index contributed by atoms with van der Waals surface area (Å²) in [5.74, 6) is -2.85. The molecule has 2 aliphatic heterocycles. The van der Waals surface area contributed by atoms with Gasteiger partial charge in [0.15, 0.2) is 0 Å². The van der Waals surface area contributed by atoms with E-state index in [0.717, 1.165) is 0 Å². The number of aliphatic carboxylic acids is 1. The van der Waals surface area contributed by atoms with Crippen molar-refractivity contribution in [2.24, 2.45) is 5.41 Å². The Bertz CT molecular complexity index is 965. The maximum absolute atomic E-state index is 12.8. The van der Waals surface area contributed by atoms with E-state index in [4.69, 9.17) is 27.9 Å². The molecule has 12 heteroatoms. The monoisotopic (exact) mass is 488 g/mol. The molecule has 0 radical (unpaired) electrons. The quantitative estimate of drug-likeness (QED) is 0.312. The second-order valence-corrected chi connectivity index (χ2v) is 9.22. The molecule has 3 N–H and O–H groups in total. The molecule has 2 saturated heterocycles. The number of carboxylic acid groups (broad SMARTS) is 1. The van der Waals surface area contributed by atoms with Crippen LogP contribution in [0.25, 0.3) is 5.57 Å². The minimum absolute atomic E-state index is 0.00622. The summed E-state index contributed by atoms with van der Waals surface area (Å²) in [7, 11) is 0. The van der Waals surface area contributed by atoms with E-state index in [9.17, 15) is 29.4 Å². The standard InChI is InChI=1S/C19H18Cl2N2O7S/c1-9(24)30-7-19(18(28)29)6-23-16(27)13(17(23)31-8-19)22-15(26)12(14(20)21)10-2-4-11(25)5-3-10/h2-5,13,17,25H,6-8H2,1H3,(H,22,26)(H,28,29)/t13?,17-,19?/m1/s1. The van der Waals surface area contributed by atoms with E-state index in [1.807, 2.05) is 0 Å². The Morgan fingerprint density at radius 2 is 1.94 bits per heavy atom. The first-order chi connectivity index (χ1) is 14.6. The number of rotatable bonds is 6. The number of hydrogen-bond donors (Lipinski definition) is 3. The average Bonchev–Trinajstić information content (AvgIpc) is 2.71. The number of phenols is 1. The smallest absolute Gasteiger partial charge is 0.315 e. The zero-order valence-corrected chi connectivity index (χ0v) is 18.5. The molecule has 2 aliphatic rings. The summed E-state index contributed by atoms with van der Waals surface area (Å²) in [4.78, 5) is 49.7. The van der Waals surface area contributed by atoms with Gasteiger partial charge in [0.1, 0.15) is 33.7 Å². The van der Waals surface area contributed by atoms with E-state index in [2.05, 4.69) is 5.32 Å². The summed E-state index contributed by atoms with van der Waals surface area (Å²) in [6.45, 7) is 0.680. The van der Waals surface area contributed by atoms with Gasteiger partial charge in [0.25, 0.3) is 5.91 Å². The number of β-lactam (4-membered cyclic amide) rings is 1. The molecule has 0 spiro atoms. The normalized spacial score (nSPS) is 24.5. The molecule has 3 atom stereocenters. The van der Waals surface area contributed by atoms with Crippen molar-refractivity contribution in [3.63, 3.8) is 0 Å². The lowest BCUT2D eigenvalue weighted by Gasteiger charge is -2.53. The Labute approximate surface area is 191 Å². The van der Waals surface area contributed by atoms with Crippen LogP contribution < -0.4 is 5.32 Å². The van der Waals surface area contributed by atoms with Gasteiger partial charge in [0.2, 0.25) is 5.91 Å². The molecule has 166 valence electrons. The van der Waals surface area contributed by atoms with Crippen molar-refractivity contribution in [3.8, 4) is 5.75 Å². The van der Waals surface area contributed by atoms with Gasteiger partial charge >= 0.3 is 11.9 Å². The van der Waals surface area contributed by atoms with Crippen LogP contribution in [0, 0.1) is 5.41 Å². The number of phenolic OH excluding ortho intramolecular Hbond substituents is 1. The Kier molecular flexibility index (Phi) is 6.73. The Morgan fingerprint density at radius 3 is 2.48 bits per heavy atom. The highest BCUT2D eigenvalue weighted by molar-refractivity contribution is 8.00. The molecule has 0 saturated carbocycles. The second-order valence-electron chi connectivity index (χ2n) is 7.17. The fraction of sp³-hybridized carbons (Fsp3) is 0.368. The fourth-order valence-corrected chi connectivity index (χ4v) is 5.23. The topological polar surface area (TPSA) is 133 Å².